The SMILES string of the molecule is O=C(Nc1cc(-c2nnc(Nc3ccc4[nH]ncc4c3)s2)ccn1)C1=CCC=N1. The van der Waals surface area contributed by atoms with Gasteiger partial charge in [0.2, 0.25) is 5.13 Å². The molecule has 29 heavy (non-hydrogen) atoms. The Hall–Kier alpha value is -3.92. The molecule has 4 aromatic rings. The first-order valence-corrected chi connectivity index (χ1v) is 9.60. The summed E-state index contributed by atoms with van der Waals surface area (Å²) in [6.45, 7) is 0. The largest absolute Gasteiger partial charge is 0.330 e. The minimum absolute atomic E-state index is 0.280. The molecule has 1 amide bonds. The average Bonchev–Trinajstić information content (AvgIpc) is 3.49. The predicted molar refractivity (Wildman–Crippen MR) is 112 cm³/mol. The van der Waals surface area contributed by atoms with Gasteiger partial charge in [0.05, 0.1) is 11.7 Å². The van der Waals surface area contributed by atoms with Crippen LogP contribution in [-0.4, -0.2) is 37.5 Å². The minimum atomic E-state index is -0.280. The molecule has 3 N–H and O–H groups in total. The van der Waals surface area contributed by atoms with Crippen LogP contribution in [0.15, 0.2) is 59.5 Å². The Kier molecular flexibility index (Phi) is 4.30. The normalized spacial score (nSPS) is 12.9. The van der Waals surface area contributed by atoms with Gasteiger partial charge in [0.25, 0.3) is 5.91 Å². The third-order valence-electron chi connectivity index (χ3n) is 4.24. The van der Waals surface area contributed by atoms with E-state index in [1.165, 1.54) is 11.3 Å². The Morgan fingerprint density at radius 2 is 2.14 bits per heavy atom. The van der Waals surface area contributed by atoms with Gasteiger partial charge in [-0.25, -0.2) is 4.98 Å². The summed E-state index contributed by atoms with van der Waals surface area (Å²) in [5.41, 5.74) is 3.08. The molecule has 0 unspecified atom stereocenters. The van der Waals surface area contributed by atoms with Crippen molar-refractivity contribution in [2.75, 3.05) is 10.6 Å². The lowest BCUT2D eigenvalue weighted by molar-refractivity contribution is -0.112. The Balaban J connectivity index is 1.33. The van der Waals surface area contributed by atoms with Crippen LogP contribution >= 0.6 is 11.3 Å². The molecule has 1 aromatic carbocycles. The number of H-pyrrole nitrogens is 1. The zero-order valence-electron chi connectivity index (χ0n) is 15.0. The van der Waals surface area contributed by atoms with Crippen LogP contribution in [0.3, 0.4) is 0 Å². The molecule has 142 valence electrons. The first-order valence-electron chi connectivity index (χ1n) is 8.79. The maximum absolute atomic E-state index is 12.2. The van der Waals surface area contributed by atoms with Crippen LogP contribution in [0.1, 0.15) is 6.42 Å². The molecule has 1 aliphatic rings. The van der Waals surface area contributed by atoms with E-state index in [0.29, 0.717) is 28.1 Å². The predicted octanol–water partition coefficient (Wildman–Crippen LogP) is 3.52. The molecule has 0 bridgehead atoms. The van der Waals surface area contributed by atoms with Crippen molar-refractivity contribution in [1.82, 2.24) is 25.4 Å². The van der Waals surface area contributed by atoms with Gasteiger partial charge in [0.15, 0.2) is 0 Å². The summed E-state index contributed by atoms with van der Waals surface area (Å²) in [5, 5.41) is 23.8. The number of rotatable bonds is 5. The van der Waals surface area contributed by atoms with Crippen LogP contribution < -0.4 is 10.6 Å². The van der Waals surface area contributed by atoms with Crippen molar-refractivity contribution >= 4 is 51.0 Å². The van der Waals surface area contributed by atoms with E-state index in [-0.39, 0.29) is 5.91 Å². The van der Waals surface area contributed by atoms with Crippen LogP contribution in [0.2, 0.25) is 0 Å². The summed E-state index contributed by atoms with van der Waals surface area (Å²) in [6, 6.07) is 9.47. The Morgan fingerprint density at radius 3 is 3.03 bits per heavy atom. The second-order valence-electron chi connectivity index (χ2n) is 6.23. The van der Waals surface area contributed by atoms with Gasteiger partial charge in [-0.3, -0.25) is 14.9 Å². The number of aliphatic imine (C=N–C) groups is 1. The highest BCUT2D eigenvalue weighted by Crippen LogP contribution is 2.30. The van der Waals surface area contributed by atoms with Gasteiger partial charge >= 0.3 is 0 Å². The fourth-order valence-corrected chi connectivity index (χ4v) is 3.63. The summed E-state index contributed by atoms with van der Waals surface area (Å²) in [7, 11) is 0. The quantitative estimate of drug-likeness (QED) is 0.470. The van der Waals surface area contributed by atoms with Crippen molar-refractivity contribution < 1.29 is 4.79 Å². The summed E-state index contributed by atoms with van der Waals surface area (Å²) in [5.74, 6) is 0.156. The average molecular weight is 402 g/mol. The lowest BCUT2D eigenvalue weighted by Crippen LogP contribution is -2.13. The zero-order valence-corrected chi connectivity index (χ0v) is 15.8. The molecular formula is C19H14N8OS. The number of anilines is 3. The number of nitrogens with one attached hydrogen (secondary N) is 3. The second kappa shape index (κ2) is 7.24. The number of benzene rings is 1. The molecule has 4 heterocycles. The Labute approximate surface area is 168 Å². The molecule has 0 radical (unpaired) electrons. The highest BCUT2D eigenvalue weighted by atomic mass is 32.1. The van der Waals surface area contributed by atoms with Crippen LogP contribution in [0, 0.1) is 0 Å². The van der Waals surface area contributed by atoms with Gasteiger partial charge in [0.1, 0.15) is 16.5 Å². The molecule has 0 saturated heterocycles. The number of amides is 1. The second-order valence-corrected chi connectivity index (χ2v) is 7.21. The Morgan fingerprint density at radius 1 is 1.17 bits per heavy atom. The summed E-state index contributed by atoms with van der Waals surface area (Å²) in [4.78, 5) is 20.4. The van der Waals surface area contributed by atoms with E-state index in [2.05, 4.69) is 41.0 Å². The maximum atomic E-state index is 12.2. The maximum Gasteiger partial charge on any atom is 0.275 e. The smallest absolute Gasteiger partial charge is 0.275 e. The number of hydrogen-bond acceptors (Lipinski definition) is 8. The van der Waals surface area contributed by atoms with Gasteiger partial charge < -0.3 is 10.6 Å². The molecule has 5 rings (SSSR count). The van der Waals surface area contributed by atoms with Crippen molar-refractivity contribution in [3.63, 3.8) is 0 Å². The summed E-state index contributed by atoms with van der Waals surface area (Å²) >= 11 is 1.41. The number of carbonyl (C=O) groups is 1. The molecule has 0 aliphatic carbocycles. The molecule has 0 saturated carbocycles. The molecule has 9 nitrogen and oxygen atoms in total. The van der Waals surface area contributed by atoms with Crippen LogP contribution in [0.4, 0.5) is 16.6 Å². The summed E-state index contributed by atoms with van der Waals surface area (Å²) < 4.78 is 0. The highest BCUT2D eigenvalue weighted by Gasteiger charge is 2.13. The van der Waals surface area contributed by atoms with E-state index in [1.807, 2.05) is 24.3 Å². The van der Waals surface area contributed by atoms with Crippen molar-refractivity contribution in [3.05, 3.63) is 54.5 Å². The molecule has 10 heteroatoms. The van der Waals surface area contributed by atoms with Gasteiger partial charge in [-0.05, 0) is 36.4 Å². The molecular weight excluding hydrogens is 388 g/mol. The van der Waals surface area contributed by atoms with Gasteiger partial charge in [0, 0.05) is 35.5 Å². The van der Waals surface area contributed by atoms with Crippen LogP contribution in [-0.2, 0) is 4.79 Å². The van der Waals surface area contributed by atoms with E-state index in [4.69, 9.17) is 0 Å². The lowest BCUT2D eigenvalue weighted by Gasteiger charge is -2.04. The first kappa shape index (κ1) is 17.2. The first-order chi connectivity index (χ1) is 14.2. The molecule has 3 aromatic heterocycles. The lowest BCUT2D eigenvalue weighted by atomic mass is 10.2. The van der Waals surface area contributed by atoms with E-state index >= 15 is 0 Å². The number of aromatic amines is 1. The fraction of sp³-hybridized carbons (Fsp3) is 0.0526. The van der Waals surface area contributed by atoms with Crippen molar-refractivity contribution in [3.8, 4) is 10.6 Å². The molecule has 1 aliphatic heterocycles. The Bertz CT molecular complexity index is 1270. The minimum Gasteiger partial charge on any atom is -0.330 e. The number of nitrogens with zero attached hydrogens (tertiary/aromatic N) is 5. The van der Waals surface area contributed by atoms with Crippen molar-refractivity contribution in [2.24, 2.45) is 4.99 Å². The van der Waals surface area contributed by atoms with Gasteiger partial charge in [-0.15, -0.1) is 10.2 Å². The zero-order chi connectivity index (χ0) is 19.6. The van der Waals surface area contributed by atoms with Gasteiger partial charge in [-0.1, -0.05) is 11.3 Å². The van der Waals surface area contributed by atoms with Crippen molar-refractivity contribution in [2.45, 2.75) is 6.42 Å². The number of aromatic nitrogens is 5. The third kappa shape index (κ3) is 3.60. The van der Waals surface area contributed by atoms with E-state index in [0.717, 1.165) is 22.2 Å². The number of allylic oxidation sites excluding steroid dienone is 1. The number of pyridine rings is 1. The monoisotopic (exact) mass is 402 g/mol. The molecule has 0 spiro atoms. The molecule has 0 fully saturated rings. The standard InChI is InChI=1S/C19H14N8OS/c28-17(15-2-1-6-20-15)24-16-9-11(5-7-21-16)18-26-27-19(29-18)23-13-3-4-14-12(8-13)10-22-25-14/h2-10H,1H2,(H,22,25)(H,23,27)(H,21,24,28). The highest BCUT2D eigenvalue weighted by molar-refractivity contribution is 7.18. The van der Waals surface area contributed by atoms with Crippen LogP contribution in [0.25, 0.3) is 21.5 Å². The van der Waals surface area contributed by atoms with Gasteiger partial charge in [-0.2, -0.15) is 5.10 Å². The fourth-order valence-electron chi connectivity index (χ4n) is 2.87. The number of carbonyl (C=O) groups excluding carboxylic acids is 1. The van der Waals surface area contributed by atoms with E-state index in [9.17, 15) is 4.79 Å². The third-order valence-corrected chi connectivity index (χ3v) is 5.13. The number of fused-ring (bicyclic) bond motifs is 1. The van der Waals surface area contributed by atoms with E-state index < -0.39 is 0 Å². The topological polar surface area (TPSA) is 121 Å². The number of hydrogen-bond donors (Lipinski definition) is 3. The van der Waals surface area contributed by atoms with Crippen LogP contribution in [0.5, 0.6) is 0 Å². The van der Waals surface area contributed by atoms with E-state index in [1.54, 1.807) is 30.8 Å². The molecule has 0 atom stereocenters. The van der Waals surface area contributed by atoms with Crippen molar-refractivity contribution in [1.29, 1.82) is 0 Å². The summed E-state index contributed by atoms with van der Waals surface area (Å²) in [6.07, 6.45) is 7.52.